The number of sulfonamides is 1. The molecule has 0 fully saturated rings. The molecular weight excluding hydrogens is 266 g/mol. The topological polar surface area (TPSA) is 105 Å². The number of amidine groups is 1. The second-order valence-electron chi connectivity index (χ2n) is 4.62. The lowest BCUT2D eigenvalue weighted by atomic mass is 10.3. The van der Waals surface area contributed by atoms with Gasteiger partial charge in [0.25, 0.3) is 0 Å². The van der Waals surface area contributed by atoms with Gasteiger partial charge in [-0.05, 0) is 18.1 Å². The van der Waals surface area contributed by atoms with Crippen molar-refractivity contribution >= 4 is 21.5 Å². The van der Waals surface area contributed by atoms with Gasteiger partial charge in [0.05, 0.1) is 11.4 Å². The molecule has 0 saturated carbocycles. The molecule has 0 heterocycles. The van der Waals surface area contributed by atoms with Crippen LogP contribution in [0, 0.1) is 11.3 Å². The number of nitrogens with one attached hydrogen (secondary N) is 2. The second kappa shape index (κ2) is 6.42. The van der Waals surface area contributed by atoms with Gasteiger partial charge in [0.15, 0.2) is 0 Å². The Labute approximate surface area is 113 Å². The Morgan fingerprint density at radius 2 is 2.16 bits per heavy atom. The minimum Gasteiger partial charge on any atom is -0.486 e. The highest BCUT2D eigenvalue weighted by Crippen LogP contribution is 2.18. The average molecular weight is 285 g/mol. The fourth-order valence-corrected chi connectivity index (χ4v) is 2.92. The summed E-state index contributed by atoms with van der Waals surface area (Å²) in [4.78, 5) is 0. The summed E-state index contributed by atoms with van der Waals surface area (Å²) in [5.41, 5.74) is 5.61. The van der Waals surface area contributed by atoms with Gasteiger partial charge in [0.2, 0.25) is 10.0 Å². The van der Waals surface area contributed by atoms with Crippen molar-refractivity contribution in [3.8, 4) is 5.75 Å². The molecular formula is C12H19N3O3S. The lowest BCUT2D eigenvalue weighted by molar-refractivity contribution is 0.374. The van der Waals surface area contributed by atoms with Gasteiger partial charge in [-0.3, -0.25) is 10.1 Å². The smallest absolute Gasteiger partial charge is 0.232 e. The molecule has 0 saturated heterocycles. The van der Waals surface area contributed by atoms with E-state index in [9.17, 15) is 8.42 Å². The molecule has 4 N–H and O–H groups in total. The van der Waals surface area contributed by atoms with Crippen molar-refractivity contribution in [2.24, 2.45) is 11.7 Å². The molecule has 1 rings (SSSR count). The van der Waals surface area contributed by atoms with Crippen molar-refractivity contribution in [3.63, 3.8) is 0 Å². The summed E-state index contributed by atoms with van der Waals surface area (Å²) in [6, 6.07) is 6.53. The molecule has 0 bridgehead atoms. The van der Waals surface area contributed by atoms with E-state index >= 15 is 0 Å². The first-order valence-corrected chi connectivity index (χ1v) is 7.50. The SMILES string of the molecule is CC(C)CS(=O)(=O)Nc1cccc(OCC(=N)N)c1. The minimum atomic E-state index is -3.35. The Balaban J connectivity index is 2.74. The molecule has 0 spiro atoms. The van der Waals surface area contributed by atoms with Crippen molar-refractivity contribution in [1.29, 1.82) is 5.41 Å². The van der Waals surface area contributed by atoms with Crippen molar-refractivity contribution < 1.29 is 13.2 Å². The zero-order valence-electron chi connectivity index (χ0n) is 11.0. The van der Waals surface area contributed by atoms with Gasteiger partial charge in [-0.25, -0.2) is 8.42 Å². The Morgan fingerprint density at radius 1 is 1.47 bits per heavy atom. The van der Waals surface area contributed by atoms with Crippen LogP contribution in [0.15, 0.2) is 24.3 Å². The number of rotatable bonds is 7. The van der Waals surface area contributed by atoms with Crippen LogP contribution in [0.5, 0.6) is 5.75 Å². The number of hydrogen-bond donors (Lipinski definition) is 3. The molecule has 0 aliphatic heterocycles. The summed E-state index contributed by atoms with van der Waals surface area (Å²) >= 11 is 0. The van der Waals surface area contributed by atoms with E-state index in [0.717, 1.165) is 0 Å². The van der Waals surface area contributed by atoms with Gasteiger partial charge in [0, 0.05) is 6.07 Å². The molecule has 1 aromatic rings. The van der Waals surface area contributed by atoms with Crippen LogP contribution in [0.2, 0.25) is 0 Å². The van der Waals surface area contributed by atoms with E-state index < -0.39 is 10.0 Å². The Hall–Kier alpha value is -1.76. The first-order chi connectivity index (χ1) is 8.78. The number of ether oxygens (including phenoxy) is 1. The van der Waals surface area contributed by atoms with Crippen LogP contribution in [0.25, 0.3) is 0 Å². The van der Waals surface area contributed by atoms with Crippen LogP contribution in [0.4, 0.5) is 5.69 Å². The average Bonchev–Trinajstić information content (AvgIpc) is 2.24. The molecule has 0 atom stereocenters. The largest absolute Gasteiger partial charge is 0.486 e. The molecule has 0 unspecified atom stereocenters. The van der Waals surface area contributed by atoms with Crippen LogP contribution in [-0.4, -0.2) is 26.6 Å². The quantitative estimate of drug-likeness (QED) is 0.520. The fourth-order valence-electron chi connectivity index (χ4n) is 1.47. The van der Waals surface area contributed by atoms with Gasteiger partial charge in [-0.15, -0.1) is 0 Å². The van der Waals surface area contributed by atoms with E-state index in [1.807, 2.05) is 13.8 Å². The normalized spacial score (nSPS) is 11.3. The summed E-state index contributed by atoms with van der Waals surface area (Å²) in [6.07, 6.45) is 0. The standard InChI is InChI=1S/C12H19N3O3S/c1-9(2)8-19(16,17)15-10-4-3-5-11(6-10)18-7-12(13)14/h3-6,9,15H,7-8H2,1-2H3,(H3,13,14). The third-order valence-corrected chi connectivity index (χ3v) is 3.71. The maximum Gasteiger partial charge on any atom is 0.232 e. The fraction of sp³-hybridized carbons (Fsp3) is 0.417. The molecule has 0 aliphatic carbocycles. The van der Waals surface area contributed by atoms with E-state index in [-0.39, 0.29) is 24.1 Å². The van der Waals surface area contributed by atoms with E-state index in [1.165, 1.54) is 0 Å². The highest BCUT2D eigenvalue weighted by molar-refractivity contribution is 7.92. The molecule has 7 heteroatoms. The minimum absolute atomic E-state index is 0.0256. The van der Waals surface area contributed by atoms with Crippen LogP contribution in [-0.2, 0) is 10.0 Å². The van der Waals surface area contributed by atoms with E-state index in [2.05, 4.69) is 4.72 Å². The molecule has 0 aromatic heterocycles. The van der Waals surface area contributed by atoms with Gasteiger partial charge in [-0.2, -0.15) is 0 Å². The number of nitrogens with two attached hydrogens (primary N) is 1. The van der Waals surface area contributed by atoms with Gasteiger partial charge in [-0.1, -0.05) is 19.9 Å². The number of anilines is 1. The summed E-state index contributed by atoms with van der Waals surface area (Å²) in [7, 11) is -3.35. The van der Waals surface area contributed by atoms with Crippen molar-refractivity contribution in [1.82, 2.24) is 0 Å². The van der Waals surface area contributed by atoms with Gasteiger partial charge in [0.1, 0.15) is 18.2 Å². The predicted molar refractivity (Wildman–Crippen MR) is 76.1 cm³/mol. The van der Waals surface area contributed by atoms with Crippen LogP contribution < -0.4 is 15.2 Å². The Morgan fingerprint density at radius 3 is 2.74 bits per heavy atom. The second-order valence-corrected chi connectivity index (χ2v) is 6.39. The van der Waals surface area contributed by atoms with Gasteiger partial charge >= 0.3 is 0 Å². The summed E-state index contributed by atoms with van der Waals surface area (Å²) in [5, 5.41) is 7.06. The third-order valence-electron chi connectivity index (χ3n) is 2.05. The summed E-state index contributed by atoms with van der Waals surface area (Å²) < 4.78 is 31.3. The number of benzene rings is 1. The van der Waals surface area contributed by atoms with E-state index in [1.54, 1.807) is 24.3 Å². The maximum absolute atomic E-state index is 11.8. The maximum atomic E-state index is 11.8. The highest BCUT2D eigenvalue weighted by atomic mass is 32.2. The van der Waals surface area contributed by atoms with Crippen LogP contribution in [0.1, 0.15) is 13.8 Å². The first-order valence-electron chi connectivity index (χ1n) is 5.85. The molecule has 6 nitrogen and oxygen atoms in total. The molecule has 0 aliphatic rings. The van der Waals surface area contributed by atoms with Crippen molar-refractivity contribution in [3.05, 3.63) is 24.3 Å². The Kier molecular flexibility index (Phi) is 5.17. The first kappa shape index (κ1) is 15.3. The lowest BCUT2D eigenvalue weighted by Crippen LogP contribution is -2.20. The zero-order chi connectivity index (χ0) is 14.5. The Bertz CT molecular complexity index is 541. The molecule has 0 radical (unpaired) electrons. The van der Waals surface area contributed by atoms with Crippen molar-refractivity contribution in [2.45, 2.75) is 13.8 Å². The molecule has 1 aromatic carbocycles. The van der Waals surface area contributed by atoms with Crippen LogP contribution in [0.3, 0.4) is 0 Å². The summed E-state index contributed by atoms with van der Waals surface area (Å²) in [5.74, 6) is 0.478. The van der Waals surface area contributed by atoms with Crippen LogP contribution >= 0.6 is 0 Å². The third kappa shape index (κ3) is 6.10. The lowest BCUT2D eigenvalue weighted by Gasteiger charge is -2.11. The van der Waals surface area contributed by atoms with E-state index in [4.69, 9.17) is 15.9 Å². The zero-order valence-corrected chi connectivity index (χ0v) is 11.8. The monoisotopic (exact) mass is 285 g/mol. The molecule has 106 valence electrons. The molecule has 19 heavy (non-hydrogen) atoms. The summed E-state index contributed by atoms with van der Waals surface area (Å²) in [6.45, 7) is 3.65. The molecule has 0 amide bonds. The number of hydrogen-bond acceptors (Lipinski definition) is 4. The van der Waals surface area contributed by atoms with Crippen molar-refractivity contribution in [2.75, 3.05) is 17.1 Å². The highest BCUT2D eigenvalue weighted by Gasteiger charge is 2.13. The predicted octanol–water partition coefficient (Wildman–Crippen LogP) is 1.40. The van der Waals surface area contributed by atoms with Gasteiger partial charge < -0.3 is 10.5 Å². The van der Waals surface area contributed by atoms with E-state index in [0.29, 0.717) is 11.4 Å².